The van der Waals surface area contributed by atoms with Crippen LogP contribution in [-0.4, -0.2) is 11.6 Å². The Bertz CT molecular complexity index is 605. The fraction of sp³-hybridized carbons (Fsp3) is 0.357. The number of anilines is 1. The topological polar surface area (TPSA) is 34.2 Å². The van der Waals surface area contributed by atoms with Gasteiger partial charge in [-0.15, -0.1) is 11.3 Å². The van der Waals surface area contributed by atoms with E-state index < -0.39 is 0 Å². The Morgan fingerprint density at radius 2 is 2.26 bits per heavy atom. The lowest BCUT2D eigenvalue weighted by Crippen LogP contribution is -2.01. The normalized spacial score (nSPS) is 13.2. The van der Waals surface area contributed by atoms with Crippen molar-refractivity contribution < 1.29 is 4.74 Å². The minimum atomic E-state index is 0.744. The molecule has 1 N–H and O–H groups in total. The van der Waals surface area contributed by atoms with E-state index in [1.54, 1.807) is 11.3 Å². The number of aryl methyl sites for hydroxylation is 2. The van der Waals surface area contributed by atoms with E-state index in [1.807, 2.05) is 6.92 Å². The second-order valence-electron chi connectivity index (χ2n) is 4.67. The van der Waals surface area contributed by atoms with Crippen LogP contribution in [0.4, 0.5) is 5.13 Å². The molecule has 0 saturated carbocycles. The van der Waals surface area contributed by atoms with Crippen LogP contribution in [0.3, 0.4) is 0 Å². The summed E-state index contributed by atoms with van der Waals surface area (Å²) in [6.45, 7) is 5.66. The lowest BCUT2D eigenvalue weighted by atomic mass is 10.1. The molecule has 2 aromatic rings. The summed E-state index contributed by atoms with van der Waals surface area (Å²) >= 11 is 5.26. The van der Waals surface area contributed by atoms with E-state index in [4.69, 9.17) is 4.74 Å². The lowest BCUT2D eigenvalue weighted by molar-refractivity contribution is 0.354. The van der Waals surface area contributed by atoms with Gasteiger partial charge in [0, 0.05) is 27.9 Å². The Labute approximate surface area is 125 Å². The van der Waals surface area contributed by atoms with Crippen molar-refractivity contribution in [2.75, 3.05) is 11.9 Å². The van der Waals surface area contributed by atoms with E-state index in [9.17, 15) is 0 Å². The van der Waals surface area contributed by atoms with Crippen LogP contribution in [0, 0.1) is 13.8 Å². The van der Waals surface area contributed by atoms with Crippen molar-refractivity contribution in [3.05, 3.63) is 38.3 Å². The van der Waals surface area contributed by atoms with Crippen molar-refractivity contribution in [3.8, 4) is 5.75 Å². The fourth-order valence-electron chi connectivity index (χ4n) is 2.20. The molecule has 100 valence electrons. The maximum atomic E-state index is 5.72. The molecule has 0 bridgehead atoms. The third kappa shape index (κ3) is 2.62. The maximum absolute atomic E-state index is 5.72. The molecule has 5 heteroatoms. The molecule has 1 aliphatic heterocycles. The molecule has 0 unspecified atom stereocenters. The van der Waals surface area contributed by atoms with Gasteiger partial charge in [0.1, 0.15) is 5.75 Å². The average Bonchev–Trinajstić information content (AvgIpc) is 2.94. The van der Waals surface area contributed by atoms with Crippen LogP contribution in [0.25, 0.3) is 0 Å². The summed E-state index contributed by atoms with van der Waals surface area (Å²) in [5.41, 5.74) is 3.58. The first-order valence-corrected chi connectivity index (χ1v) is 7.86. The Morgan fingerprint density at radius 1 is 1.42 bits per heavy atom. The minimum Gasteiger partial charge on any atom is -0.493 e. The predicted octanol–water partition coefficient (Wildman–Crippen LogP) is 4.07. The molecule has 1 aliphatic rings. The van der Waals surface area contributed by atoms with Gasteiger partial charge in [-0.25, -0.2) is 4.98 Å². The van der Waals surface area contributed by atoms with Crippen molar-refractivity contribution in [2.45, 2.75) is 26.8 Å². The molecule has 0 atom stereocenters. The van der Waals surface area contributed by atoms with Crippen LogP contribution >= 0.6 is 27.3 Å². The zero-order valence-electron chi connectivity index (χ0n) is 10.9. The number of thiazole rings is 1. The largest absolute Gasteiger partial charge is 0.493 e. The highest BCUT2D eigenvalue weighted by Gasteiger charge is 2.17. The first-order valence-electron chi connectivity index (χ1n) is 6.25. The number of hydrogen-bond donors (Lipinski definition) is 1. The molecule has 3 nitrogen and oxygen atoms in total. The SMILES string of the molecule is Cc1nc(NCc2cc(Br)cc3c2OCC3)sc1C. The lowest BCUT2D eigenvalue weighted by Gasteiger charge is -2.09. The molecule has 2 heterocycles. The summed E-state index contributed by atoms with van der Waals surface area (Å²) in [5, 5.41) is 4.36. The Kier molecular flexibility index (Phi) is 3.50. The number of halogens is 1. The zero-order chi connectivity index (χ0) is 13.4. The van der Waals surface area contributed by atoms with Crippen molar-refractivity contribution in [2.24, 2.45) is 0 Å². The van der Waals surface area contributed by atoms with Crippen LogP contribution in [-0.2, 0) is 13.0 Å². The van der Waals surface area contributed by atoms with Crippen LogP contribution < -0.4 is 10.1 Å². The highest BCUT2D eigenvalue weighted by Crippen LogP contribution is 2.33. The van der Waals surface area contributed by atoms with E-state index in [0.29, 0.717) is 0 Å². The third-order valence-corrected chi connectivity index (χ3v) is 4.77. The number of nitrogens with zero attached hydrogens (tertiary/aromatic N) is 1. The second-order valence-corrected chi connectivity index (χ2v) is 6.78. The van der Waals surface area contributed by atoms with Gasteiger partial charge in [-0.3, -0.25) is 0 Å². The molecule has 1 aromatic carbocycles. The highest BCUT2D eigenvalue weighted by molar-refractivity contribution is 9.10. The smallest absolute Gasteiger partial charge is 0.183 e. The third-order valence-electron chi connectivity index (χ3n) is 3.28. The number of benzene rings is 1. The molecule has 0 fully saturated rings. The molecule has 0 aliphatic carbocycles. The number of aromatic nitrogens is 1. The molecule has 0 amide bonds. The molecule has 0 spiro atoms. The van der Waals surface area contributed by atoms with Crippen molar-refractivity contribution in [1.82, 2.24) is 4.98 Å². The number of ether oxygens (including phenoxy) is 1. The van der Waals surface area contributed by atoms with Crippen molar-refractivity contribution >= 4 is 32.4 Å². The van der Waals surface area contributed by atoms with Gasteiger partial charge in [0.15, 0.2) is 5.13 Å². The van der Waals surface area contributed by atoms with Gasteiger partial charge in [-0.1, -0.05) is 15.9 Å². The van der Waals surface area contributed by atoms with Crippen LogP contribution in [0.1, 0.15) is 21.7 Å². The number of hydrogen-bond acceptors (Lipinski definition) is 4. The summed E-state index contributed by atoms with van der Waals surface area (Å²) < 4.78 is 6.84. The van der Waals surface area contributed by atoms with E-state index in [1.165, 1.54) is 16.0 Å². The molecule has 0 radical (unpaired) electrons. The van der Waals surface area contributed by atoms with Gasteiger partial charge in [0.25, 0.3) is 0 Å². The summed E-state index contributed by atoms with van der Waals surface area (Å²) in [4.78, 5) is 5.76. The fourth-order valence-corrected chi connectivity index (χ4v) is 3.56. The molecule has 19 heavy (non-hydrogen) atoms. The summed E-state index contributed by atoms with van der Waals surface area (Å²) in [6, 6.07) is 4.26. The van der Waals surface area contributed by atoms with Crippen molar-refractivity contribution in [3.63, 3.8) is 0 Å². The maximum Gasteiger partial charge on any atom is 0.183 e. The molecule has 1 aromatic heterocycles. The Morgan fingerprint density at radius 3 is 3.00 bits per heavy atom. The minimum absolute atomic E-state index is 0.744. The van der Waals surface area contributed by atoms with Crippen LogP contribution in [0.15, 0.2) is 16.6 Å². The van der Waals surface area contributed by atoms with Gasteiger partial charge in [-0.2, -0.15) is 0 Å². The van der Waals surface area contributed by atoms with Gasteiger partial charge in [0.2, 0.25) is 0 Å². The van der Waals surface area contributed by atoms with Gasteiger partial charge >= 0.3 is 0 Å². The predicted molar refractivity (Wildman–Crippen MR) is 82.3 cm³/mol. The van der Waals surface area contributed by atoms with Crippen LogP contribution in [0.5, 0.6) is 5.75 Å². The number of nitrogens with one attached hydrogen (secondary N) is 1. The summed E-state index contributed by atoms with van der Waals surface area (Å²) in [7, 11) is 0. The quantitative estimate of drug-likeness (QED) is 0.915. The number of rotatable bonds is 3. The van der Waals surface area contributed by atoms with E-state index in [-0.39, 0.29) is 0 Å². The van der Waals surface area contributed by atoms with Crippen molar-refractivity contribution in [1.29, 1.82) is 0 Å². The molecule has 3 rings (SSSR count). The van der Waals surface area contributed by atoms with E-state index >= 15 is 0 Å². The number of fused-ring (bicyclic) bond motifs is 1. The van der Waals surface area contributed by atoms with Gasteiger partial charge < -0.3 is 10.1 Å². The Hall–Kier alpha value is -1.07. The average molecular weight is 339 g/mol. The summed E-state index contributed by atoms with van der Waals surface area (Å²) in [6.07, 6.45) is 0.997. The monoisotopic (exact) mass is 338 g/mol. The van der Waals surface area contributed by atoms with Gasteiger partial charge in [0.05, 0.1) is 12.3 Å². The molecular weight excluding hydrogens is 324 g/mol. The van der Waals surface area contributed by atoms with E-state index in [2.05, 4.69) is 45.3 Å². The first-order chi connectivity index (χ1) is 9.13. The Balaban J connectivity index is 1.80. The van der Waals surface area contributed by atoms with E-state index in [0.717, 1.165) is 40.6 Å². The van der Waals surface area contributed by atoms with Crippen LogP contribution in [0.2, 0.25) is 0 Å². The molecule has 0 saturated heterocycles. The zero-order valence-corrected chi connectivity index (χ0v) is 13.3. The highest BCUT2D eigenvalue weighted by atomic mass is 79.9. The first kappa shape index (κ1) is 12.9. The standard InChI is InChI=1S/C14H15BrN2OS/c1-8-9(2)19-14(17-8)16-7-11-6-12(15)5-10-3-4-18-13(10)11/h5-6H,3-4,7H2,1-2H3,(H,16,17). The second kappa shape index (κ2) is 5.13. The van der Waals surface area contributed by atoms with Gasteiger partial charge in [-0.05, 0) is 31.5 Å². The summed E-state index contributed by atoms with van der Waals surface area (Å²) in [5.74, 6) is 1.04. The molecular formula is C14H15BrN2OS.